The van der Waals surface area contributed by atoms with Crippen LogP contribution >= 0.6 is 0 Å². The number of aliphatic hydroxyl groups is 1. The molecule has 5 heteroatoms. The third-order valence-corrected chi connectivity index (χ3v) is 2.80. The molecule has 22 heavy (non-hydrogen) atoms. The number of unbranched alkanes of at least 4 members (excludes halogenated alkanes) is 1. The van der Waals surface area contributed by atoms with Crippen LogP contribution in [0.2, 0.25) is 0 Å². The Morgan fingerprint density at radius 2 is 1.73 bits per heavy atom. The Kier molecular flexibility index (Phi) is 10.7. The highest BCUT2D eigenvalue weighted by atomic mass is 17.2. The summed E-state index contributed by atoms with van der Waals surface area (Å²) < 4.78 is 11.0. The minimum atomic E-state index is -0.489. The summed E-state index contributed by atoms with van der Waals surface area (Å²) in [5.41, 5.74) is 0. The first-order valence-corrected chi connectivity index (χ1v) is 7.87. The molecule has 0 saturated heterocycles. The van der Waals surface area contributed by atoms with E-state index < -0.39 is 6.10 Å². The van der Waals surface area contributed by atoms with E-state index in [0.717, 1.165) is 31.8 Å². The number of aliphatic hydroxyl groups excluding tert-OH is 1. The lowest BCUT2D eigenvalue weighted by Gasteiger charge is -2.15. The van der Waals surface area contributed by atoms with Crippen LogP contribution in [0.4, 0.5) is 0 Å². The minimum Gasteiger partial charge on any atom is -0.491 e. The van der Waals surface area contributed by atoms with Gasteiger partial charge in [0.15, 0.2) is 0 Å². The lowest BCUT2D eigenvalue weighted by molar-refractivity contribution is -0.332. The lowest BCUT2D eigenvalue weighted by atomic mass is 10.2. The van der Waals surface area contributed by atoms with Crippen LogP contribution in [0.1, 0.15) is 26.7 Å². The largest absolute Gasteiger partial charge is 0.491 e. The molecular weight excluding hydrogens is 284 g/mol. The van der Waals surface area contributed by atoms with Crippen LogP contribution in [0.3, 0.4) is 0 Å². The third kappa shape index (κ3) is 9.73. The summed E-state index contributed by atoms with van der Waals surface area (Å²) >= 11 is 0. The molecule has 1 atom stereocenters. The molecule has 0 radical (unpaired) electrons. The van der Waals surface area contributed by atoms with Crippen molar-refractivity contribution in [2.45, 2.75) is 32.8 Å². The zero-order valence-electron chi connectivity index (χ0n) is 13.6. The van der Waals surface area contributed by atoms with Crippen LogP contribution in [0.15, 0.2) is 30.3 Å². The molecule has 0 aliphatic rings. The SMILES string of the molecule is CC(C)COCCCCOOC(CO)COc1ccccc1. The van der Waals surface area contributed by atoms with Crippen molar-refractivity contribution in [3.8, 4) is 5.75 Å². The predicted octanol–water partition coefficient (Wildman–Crippen LogP) is 2.83. The van der Waals surface area contributed by atoms with Crippen LogP contribution in [0.25, 0.3) is 0 Å². The van der Waals surface area contributed by atoms with Crippen LogP contribution in [0.5, 0.6) is 5.75 Å². The second-order valence-electron chi connectivity index (χ2n) is 5.52. The molecule has 0 bridgehead atoms. The Morgan fingerprint density at radius 3 is 2.41 bits per heavy atom. The molecule has 0 aliphatic heterocycles. The highest BCUT2D eigenvalue weighted by molar-refractivity contribution is 5.20. The van der Waals surface area contributed by atoms with Gasteiger partial charge in [-0.2, -0.15) is 0 Å². The fourth-order valence-corrected chi connectivity index (χ4v) is 1.65. The van der Waals surface area contributed by atoms with Crippen LogP contribution in [-0.4, -0.2) is 44.2 Å². The van der Waals surface area contributed by atoms with E-state index in [1.165, 1.54) is 0 Å². The van der Waals surface area contributed by atoms with Gasteiger partial charge in [-0.1, -0.05) is 32.0 Å². The van der Waals surface area contributed by atoms with Gasteiger partial charge in [0.05, 0.1) is 13.2 Å². The Balaban J connectivity index is 1.99. The summed E-state index contributed by atoms with van der Waals surface area (Å²) in [6.07, 6.45) is 1.30. The molecule has 0 spiro atoms. The Labute approximate surface area is 133 Å². The Hall–Kier alpha value is -1.14. The van der Waals surface area contributed by atoms with Crippen molar-refractivity contribution in [3.05, 3.63) is 30.3 Å². The van der Waals surface area contributed by atoms with E-state index in [2.05, 4.69) is 13.8 Å². The number of ether oxygens (including phenoxy) is 2. The summed E-state index contributed by atoms with van der Waals surface area (Å²) in [5.74, 6) is 1.31. The fraction of sp³-hybridized carbons (Fsp3) is 0.647. The average molecular weight is 312 g/mol. The number of rotatable bonds is 13. The predicted molar refractivity (Wildman–Crippen MR) is 84.7 cm³/mol. The van der Waals surface area contributed by atoms with E-state index in [1.807, 2.05) is 30.3 Å². The zero-order chi connectivity index (χ0) is 16.0. The van der Waals surface area contributed by atoms with Crippen molar-refractivity contribution in [2.24, 2.45) is 5.92 Å². The van der Waals surface area contributed by atoms with E-state index in [-0.39, 0.29) is 13.2 Å². The maximum atomic E-state index is 9.22. The third-order valence-electron chi connectivity index (χ3n) is 2.80. The second kappa shape index (κ2) is 12.4. The van der Waals surface area contributed by atoms with Crippen molar-refractivity contribution >= 4 is 0 Å². The first-order chi connectivity index (χ1) is 10.7. The van der Waals surface area contributed by atoms with Crippen molar-refractivity contribution in [1.82, 2.24) is 0 Å². The monoisotopic (exact) mass is 312 g/mol. The molecule has 1 aromatic carbocycles. The van der Waals surface area contributed by atoms with Crippen LogP contribution in [0, 0.1) is 5.92 Å². The van der Waals surface area contributed by atoms with Gasteiger partial charge in [0, 0.05) is 13.2 Å². The molecular formula is C17H28O5. The number of hydrogen-bond donors (Lipinski definition) is 1. The van der Waals surface area contributed by atoms with E-state index in [9.17, 15) is 5.11 Å². The molecule has 0 aliphatic carbocycles. The van der Waals surface area contributed by atoms with Crippen LogP contribution in [-0.2, 0) is 14.5 Å². The number of para-hydroxylation sites is 1. The normalized spacial score (nSPS) is 12.5. The van der Waals surface area contributed by atoms with Gasteiger partial charge in [-0.3, -0.25) is 0 Å². The maximum absolute atomic E-state index is 9.22. The van der Waals surface area contributed by atoms with Gasteiger partial charge in [0.1, 0.15) is 18.5 Å². The molecule has 1 aromatic rings. The first kappa shape index (κ1) is 18.9. The van der Waals surface area contributed by atoms with Gasteiger partial charge in [-0.25, -0.2) is 9.78 Å². The van der Waals surface area contributed by atoms with Gasteiger partial charge in [0.25, 0.3) is 0 Å². The number of benzene rings is 1. The standard InChI is InChI=1S/C17H28O5/c1-15(2)13-19-10-6-7-11-21-22-17(12-18)14-20-16-8-4-3-5-9-16/h3-5,8-9,15,17-18H,6-7,10-14H2,1-2H3. The van der Waals surface area contributed by atoms with Crippen LogP contribution < -0.4 is 4.74 Å². The fourth-order valence-electron chi connectivity index (χ4n) is 1.65. The van der Waals surface area contributed by atoms with E-state index >= 15 is 0 Å². The quantitative estimate of drug-likeness (QED) is 0.345. The smallest absolute Gasteiger partial charge is 0.150 e. The van der Waals surface area contributed by atoms with Gasteiger partial charge in [-0.15, -0.1) is 0 Å². The summed E-state index contributed by atoms with van der Waals surface area (Å²) in [4.78, 5) is 10.2. The molecule has 0 saturated carbocycles. The van der Waals surface area contributed by atoms with E-state index in [0.29, 0.717) is 12.5 Å². The van der Waals surface area contributed by atoms with Crippen molar-refractivity contribution in [2.75, 3.05) is 33.0 Å². The Morgan fingerprint density at radius 1 is 1.00 bits per heavy atom. The minimum absolute atomic E-state index is 0.148. The topological polar surface area (TPSA) is 57.2 Å². The molecule has 126 valence electrons. The van der Waals surface area contributed by atoms with E-state index in [4.69, 9.17) is 19.2 Å². The van der Waals surface area contributed by atoms with Gasteiger partial charge in [-0.05, 0) is 30.9 Å². The highest BCUT2D eigenvalue weighted by Gasteiger charge is 2.10. The summed E-state index contributed by atoms with van der Waals surface area (Å²) in [5, 5.41) is 9.22. The maximum Gasteiger partial charge on any atom is 0.150 e. The van der Waals surface area contributed by atoms with E-state index in [1.54, 1.807) is 0 Å². The molecule has 0 heterocycles. The molecule has 0 amide bonds. The molecule has 0 fully saturated rings. The van der Waals surface area contributed by atoms with Gasteiger partial charge >= 0.3 is 0 Å². The molecule has 1 unspecified atom stereocenters. The second-order valence-corrected chi connectivity index (χ2v) is 5.52. The first-order valence-electron chi connectivity index (χ1n) is 7.87. The molecule has 1 rings (SSSR count). The summed E-state index contributed by atoms with van der Waals surface area (Å²) in [6, 6.07) is 9.41. The van der Waals surface area contributed by atoms with Gasteiger partial charge in [0.2, 0.25) is 0 Å². The van der Waals surface area contributed by atoms with Crippen molar-refractivity contribution in [1.29, 1.82) is 0 Å². The summed E-state index contributed by atoms with van der Waals surface area (Å²) in [6.45, 7) is 6.37. The lowest BCUT2D eigenvalue weighted by Crippen LogP contribution is -2.26. The van der Waals surface area contributed by atoms with Crippen molar-refractivity contribution < 1.29 is 24.4 Å². The Bertz CT molecular complexity index is 355. The average Bonchev–Trinajstić information content (AvgIpc) is 2.53. The molecule has 1 N–H and O–H groups in total. The highest BCUT2D eigenvalue weighted by Crippen LogP contribution is 2.09. The van der Waals surface area contributed by atoms with Gasteiger partial charge < -0.3 is 14.6 Å². The molecule has 0 aromatic heterocycles. The molecule has 5 nitrogen and oxygen atoms in total. The number of hydrogen-bond acceptors (Lipinski definition) is 5. The summed E-state index contributed by atoms with van der Waals surface area (Å²) in [7, 11) is 0. The van der Waals surface area contributed by atoms with Crippen molar-refractivity contribution in [3.63, 3.8) is 0 Å². The zero-order valence-corrected chi connectivity index (χ0v) is 13.6.